The van der Waals surface area contributed by atoms with Crippen molar-refractivity contribution >= 4 is 23.3 Å². The molecule has 1 saturated heterocycles. The van der Waals surface area contributed by atoms with Crippen LogP contribution in [0.3, 0.4) is 0 Å². The zero-order valence-electron chi connectivity index (χ0n) is 12.5. The number of anilines is 1. The van der Waals surface area contributed by atoms with Crippen LogP contribution in [0.25, 0.3) is 0 Å². The number of carbonyl (C=O) groups is 1. The molecule has 1 aliphatic rings. The van der Waals surface area contributed by atoms with E-state index in [1.54, 1.807) is 6.20 Å². The molecule has 1 aliphatic heterocycles. The maximum atomic E-state index is 13.8. The van der Waals surface area contributed by atoms with Crippen LogP contribution in [-0.4, -0.2) is 30.0 Å². The Labute approximate surface area is 139 Å². The summed E-state index contributed by atoms with van der Waals surface area (Å²) in [5.41, 5.74) is 0.0292. The first kappa shape index (κ1) is 15.7. The Bertz CT molecular complexity index is 687. The van der Waals surface area contributed by atoms with Gasteiger partial charge >= 0.3 is 0 Å². The van der Waals surface area contributed by atoms with Crippen LogP contribution in [-0.2, 0) is 0 Å². The first-order valence-electron chi connectivity index (χ1n) is 7.55. The molecule has 2 aromatic rings. The molecule has 0 saturated carbocycles. The van der Waals surface area contributed by atoms with Crippen LogP contribution in [0.4, 0.5) is 10.2 Å². The van der Waals surface area contributed by atoms with Crippen molar-refractivity contribution in [3.05, 3.63) is 59.0 Å². The molecule has 0 radical (unpaired) electrons. The standard InChI is InChI=1S/C17H17ClFN3O/c18-12-4-5-14(15(19)11-12)17(23)21-13-6-9-22(10-7-13)16-3-1-2-8-20-16/h1-5,8,11,13H,6-7,9-10H2,(H,21,23). The van der Waals surface area contributed by atoms with Gasteiger partial charge in [0.05, 0.1) is 5.56 Å². The van der Waals surface area contributed by atoms with Crippen molar-refractivity contribution in [2.45, 2.75) is 18.9 Å². The van der Waals surface area contributed by atoms with Gasteiger partial charge in [0.1, 0.15) is 11.6 Å². The number of benzene rings is 1. The lowest BCUT2D eigenvalue weighted by molar-refractivity contribution is 0.0927. The summed E-state index contributed by atoms with van der Waals surface area (Å²) in [5, 5.41) is 3.18. The van der Waals surface area contributed by atoms with Crippen LogP contribution in [0.1, 0.15) is 23.2 Å². The predicted octanol–water partition coefficient (Wildman–Crippen LogP) is 3.27. The molecule has 0 unspecified atom stereocenters. The maximum Gasteiger partial charge on any atom is 0.254 e. The van der Waals surface area contributed by atoms with Crippen LogP contribution >= 0.6 is 11.6 Å². The minimum Gasteiger partial charge on any atom is -0.356 e. The molecule has 0 bridgehead atoms. The van der Waals surface area contributed by atoms with Crippen molar-refractivity contribution in [3.63, 3.8) is 0 Å². The van der Waals surface area contributed by atoms with Crippen molar-refractivity contribution in [3.8, 4) is 0 Å². The van der Waals surface area contributed by atoms with E-state index < -0.39 is 11.7 Å². The Hall–Kier alpha value is -2.14. The van der Waals surface area contributed by atoms with Crippen LogP contribution in [0, 0.1) is 5.82 Å². The number of pyridine rings is 1. The number of piperidine rings is 1. The van der Waals surface area contributed by atoms with E-state index in [0.29, 0.717) is 0 Å². The molecule has 120 valence electrons. The molecule has 3 rings (SSSR count). The third kappa shape index (κ3) is 3.79. The van der Waals surface area contributed by atoms with Crippen LogP contribution in [0.15, 0.2) is 42.6 Å². The highest BCUT2D eigenvalue weighted by molar-refractivity contribution is 6.30. The fourth-order valence-corrected chi connectivity index (χ4v) is 2.89. The third-order valence-electron chi connectivity index (χ3n) is 3.98. The molecule has 1 fully saturated rings. The molecular weight excluding hydrogens is 317 g/mol. The lowest BCUT2D eigenvalue weighted by atomic mass is 10.0. The summed E-state index contributed by atoms with van der Waals surface area (Å²) < 4.78 is 13.8. The van der Waals surface area contributed by atoms with Gasteiger partial charge in [0.2, 0.25) is 0 Å². The van der Waals surface area contributed by atoms with Gasteiger partial charge in [-0.2, -0.15) is 0 Å². The van der Waals surface area contributed by atoms with E-state index >= 15 is 0 Å². The molecule has 1 N–H and O–H groups in total. The average Bonchev–Trinajstić information content (AvgIpc) is 2.56. The van der Waals surface area contributed by atoms with Gasteiger partial charge in [-0.15, -0.1) is 0 Å². The van der Waals surface area contributed by atoms with Crippen molar-refractivity contribution in [2.75, 3.05) is 18.0 Å². The fraction of sp³-hybridized carbons (Fsp3) is 0.294. The Kier molecular flexibility index (Phi) is 4.76. The second-order valence-electron chi connectivity index (χ2n) is 5.55. The summed E-state index contributed by atoms with van der Waals surface area (Å²) in [6.45, 7) is 1.62. The summed E-state index contributed by atoms with van der Waals surface area (Å²) in [5.74, 6) is -0.0441. The van der Waals surface area contributed by atoms with Gasteiger partial charge in [0.25, 0.3) is 5.91 Å². The van der Waals surface area contributed by atoms with E-state index in [1.807, 2.05) is 18.2 Å². The van der Waals surface area contributed by atoms with Crippen LogP contribution in [0.5, 0.6) is 0 Å². The molecule has 6 heteroatoms. The highest BCUT2D eigenvalue weighted by atomic mass is 35.5. The second kappa shape index (κ2) is 6.96. The fourth-order valence-electron chi connectivity index (χ4n) is 2.73. The van der Waals surface area contributed by atoms with Crippen LogP contribution in [0.2, 0.25) is 5.02 Å². The van der Waals surface area contributed by atoms with Gasteiger partial charge in [0.15, 0.2) is 0 Å². The first-order chi connectivity index (χ1) is 11.1. The van der Waals surface area contributed by atoms with E-state index in [1.165, 1.54) is 12.1 Å². The minimum atomic E-state index is -0.596. The van der Waals surface area contributed by atoms with E-state index in [2.05, 4.69) is 15.2 Å². The summed E-state index contributed by atoms with van der Waals surface area (Å²) in [6, 6.07) is 9.94. The highest BCUT2D eigenvalue weighted by Crippen LogP contribution is 2.19. The Balaban J connectivity index is 1.57. The molecule has 0 atom stereocenters. The molecule has 4 nitrogen and oxygen atoms in total. The summed E-state index contributed by atoms with van der Waals surface area (Å²) in [7, 11) is 0. The Morgan fingerprint density at radius 3 is 2.70 bits per heavy atom. The number of halogens is 2. The summed E-state index contributed by atoms with van der Waals surface area (Å²) in [6.07, 6.45) is 3.38. The molecule has 0 aliphatic carbocycles. The Morgan fingerprint density at radius 1 is 1.26 bits per heavy atom. The van der Waals surface area contributed by atoms with Crippen molar-refractivity contribution in [1.82, 2.24) is 10.3 Å². The van der Waals surface area contributed by atoms with E-state index in [-0.39, 0.29) is 16.6 Å². The monoisotopic (exact) mass is 333 g/mol. The molecule has 1 amide bonds. The van der Waals surface area contributed by atoms with Gasteiger partial charge in [0, 0.05) is 30.4 Å². The summed E-state index contributed by atoms with van der Waals surface area (Å²) in [4.78, 5) is 18.7. The van der Waals surface area contributed by atoms with Crippen molar-refractivity contribution < 1.29 is 9.18 Å². The smallest absolute Gasteiger partial charge is 0.254 e. The molecule has 0 spiro atoms. The van der Waals surface area contributed by atoms with Gasteiger partial charge in [-0.05, 0) is 43.2 Å². The van der Waals surface area contributed by atoms with Gasteiger partial charge in [-0.25, -0.2) is 9.37 Å². The lowest BCUT2D eigenvalue weighted by Crippen LogP contribution is -2.45. The Morgan fingerprint density at radius 2 is 2.04 bits per heavy atom. The number of nitrogens with one attached hydrogen (secondary N) is 1. The van der Waals surface area contributed by atoms with Gasteiger partial charge in [-0.1, -0.05) is 17.7 Å². The highest BCUT2D eigenvalue weighted by Gasteiger charge is 2.22. The number of hydrogen-bond donors (Lipinski definition) is 1. The SMILES string of the molecule is O=C(NC1CCN(c2ccccn2)CC1)c1ccc(Cl)cc1F. The molecule has 1 aromatic carbocycles. The number of aromatic nitrogens is 1. The third-order valence-corrected chi connectivity index (χ3v) is 4.21. The van der Waals surface area contributed by atoms with E-state index in [0.717, 1.165) is 37.8 Å². The minimum absolute atomic E-state index is 0.0292. The number of amides is 1. The van der Waals surface area contributed by atoms with Crippen molar-refractivity contribution in [2.24, 2.45) is 0 Å². The predicted molar refractivity (Wildman–Crippen MR) is 88.3 cm³/mol. The van der Waals surface area contributed by atoms with E-state index in [9.17, 15) is 9.18 Å². The first-order valence-corrected chi connectivity index (χ1v) is 7.93. The zero-order chi connectivity index (χ0) is 16.2. The molecule has 2 heterocycles. The lowest BCUT2D eigenvalue weighted by Gasteiger charge is -2.33. The number of nitrogens with zero attached hydrogens (tertiary/aromatic N) is 2. The number of hydrogen-bond acceptors (Lipinski definition) is 3. The van der Waals surface area contributed by atoms with Gasteiger partial charge < -0.3 is 10.2 Å². The number of carbonyl (C=O) groups excluding carboxylic acids is 1. The van der Waals surface area contributed by atoms with Crippen molar-refractivity contribution in [1.29, 1.82) is 0 Å². The van der Waals surface area contributed by atoms with E-state index in [4.69, 9.17) is 11.6 Å². The topological polar surface area (TPSA) is 45.2 Å². The van der Waals surface area contributed by atoms with Gasteiger partial charge in [-0.3, -0.25) is 4.79 Å². The largest absolute Gasteiger partial charge is 0.356 e. The maximum absolute atomic E-state index is 13.8. The molecule has 23 heavy (non-hydrogen) atoms. The average molecular weight is 334 g/mol. The number of rotatable bonds is 3. The van der Waals surface area contributed by atoms with Crippen LogP contribution < -0.4 is 10.2 Å². The zero-order valence-corrected chi connectivity index (χ0v) is 13.3. The molecular formula is C17H17ClFN3O. The normalized spacial score (nSPS) is 15.5. The molecule has 1 aromatic heterocycles. The quantitative estimate of drug-likeness (QED) is 0.937. The second-order valence-corrected chi connectivity index (χ2v) is 5.98. The summed E-state index contributed by atoms with van der Waals surface area (Å²) >= 11 is 5.70.